The van der Waals surface area contributed by atoms with Crippen LogP contribution in [-0.4, -0.2) is 39.9 Å². The third-order valence-electron chi connectivity index (χ3n) is 6.37. The molecular weight excluding hydrogens is 417 g/mol. The second kappa shape index (κ2) is 13.6. The van der Waals surface area contributed by atoms with Gasteiger partial charge in [0.25, 0.3) is 6.04 Å². The van der Waals surface area contributed by atoms with Gasteiger partial charge in [-0.25, -0.2) is 9.79 Å². The molecule has 0 amide bonds. The maximum atomic E-state index is 12.6. The maximum absolute atomic E-state index is 12.6. The van der Waals surface area contributed by atoms with Crippen molar-refractivity contribution in [2.75, 3.05) is 0 Å². The number of ether oxygens (including phenoxy) is 1. The van der Waals surface area contributed by atoms with Crippen molar-refractivity contribution in [1.29, 1.82) is 0 Å². The fourth-order valence-electron chi connectivity index (χ4n) is 4.86. The number of carbonyl (C=O) groups excluding carboxylic acids is 1. The summed E-state index contributed by atoms with van der Waals surface area (Å²) >= 11 is 0. The fourth-order valence-corrected chi connectivity index (χ4v) is 7.96. The average molecular weight is 465 g/mol. The van der Waals surface area contributed by atoms with Crippen molar-refractivity contribution in [2.45, 2.75) is 141 Å². The van der Waals surface area contributed by atoms with Gasteiger partial charge in [0, 0.05) is 12.8 Å². The normalized spacial score (nSPS) is 20.2. The summed E-state index contributed by atoms with van der Waals surface area (Å²) in [5, 5.41) is 10.5. The number of rotatable bonds is 8. The molecule has 0 aromatic carbocycles. The molecule has 0 aliphatic heterocycles. The first-order valence-electron chi connectivity index (χ1n) is 13.0. The van der Waals surface area contributed by atoms with Crippen molar-refractivity contribution in [2.24, 2.45) is 5.92 Å². The summed E-state index contributed by atoms with van der Waals surface area (Å²) in [5.41, 5.74) is 4.84. The van der Waals surface area contributed by atoms with E-state index in [1.54, 1.807) is 0 Å². The molecule has 2 fully saturated rings. The van der Waals surface area contributed by atoms with E-state index < -0.39 is 11.6 Å². The molecule has 5 heteroatoms. The van der Waals surface area contributed by atoms with Crippen LogP contribution in [0.2, 0.25) is 0 Å². The minimum Gasteiger partial charge on any atom is -0.464 e. The van der Waals surface area contributed by atoms with Crippen molar-refractivity contribution in [3.8, 4) is 11.6 Å². The number of hydrogen-bond acceptors (Lipinski definition) is 2. The highest BCUT2D eigenvalue weighted by atomic mass is 31.1. The Morgan fingerprint density at radius 3 is 2.03 bits per heavy atom. The minimum absolute atomic E-state index is 0.149. The van der Waals surface area contributed by atoms with Crippen molar-refractivity contribution >= 4 is 19.8 Å². The van der Waals surface area contributed by atoms with Crippen LogP contribution in [0.3, 0.4) is 0 Å². The summed E-state index contributed by atoms with van der Waals surface area (Å²) < 4.78 is 5.54. The molecular formula is C27H47NO3P+. The molecule has 0 radical (unpaired) electrons. The van der Waals surface area contributed by atoms with E-state index in [4.69, 9.17) is 4.74 Å². The lowest BCUT2D eigenvalue weighted by Crippen LogP contribution is -2.82. The van der Waals surface area contributed by atoms with E-state index in [9.17, 15) is 9.90 Å². The molecule has 1 atom stereocenters. The molecule has 2 saturated carbocycles. The van der Waals surface area contributed by atoms with Crippen LogP contribution in [0.25, 0.3) is 0 Å². The minimum atomic E-state index is -0.537. The Morgan fingerprint density at radius 1 is 1.03 bits per heavy atom. The van der Waals surface area contributed by atoms with E-state index in [-0.39, 0.29) is 19.8 Å². The molecule has 2 rings (SSSR count). The van der Waals surface area contributed by atoms with Crippen LogP contribution in [-0.2, 0) is 9.53 Å². The largest absolute Gasteiger partial charge is 0.464 e. The SMILES string of the molecule is CC(C)C[C@H]([NH+]=C(O)CCC#CP(C1CCCCC1)C1CCCCC1)C(=O)OC(C)(C)C. The number of nitrogens with one attached hydrogen (secondary N) is 1. The molecule has 0 aromatic heterocycles. The van der Waals surface area contributed by atoms with Gasteiger partial charge in [0.1, 0.15) is 5.60 Å². The van der Waals surface area contributed by atoms with E-state index in [0.29, 0.717) is 25.2 Å². The second-order valence-electron chi connectivity index (χ2n) is 11.1. The summed E-state index contributed by atoms with van der Waals surface area (Å²) in [4.78, 5) is 15.6. The number of esters is 1. The van der Waals surface area contributed by atoms with E-state index in [1.807, 2.05) is 20.8 Å². The third-order valence-corrected chi connectivity index (χ3v) is 9.39. The zero-order chi connectivity index (χ0) is 23.6. The first kappa shape index (κ1) is 27.2. The molecule has 0 heterocycles. The Labute approximate surface area is 198 Å². The van der Waals surface area contributed by atoms with E-state index in [0.717, 1.165) is 11.3 Å². The number of carbonyl (C=O) groups is 1. The predicted molar refractivity (Wildman–Crippen MR) is 135 cm³/mol. The van der Waals surface area contributed by atoms with Gasteiger partial charge >= 0.3 is 11.9 Å². The van der Waals surface area contributed by atoms with Crippen LogP contribution >= 0.6 is 7.92 Å². The molecule has 182 valence electrons. The standard InChI is InChI=1S/C27H46NO3P/c1-21(2)20-24(26(30)31-27(3,4)5)28-25(29)18-12-13-19-32(22-14-8-6-9-15-22)23-16-10-7-11-17-23/h21-24H,6-12,14-18,20H2,1-5H3,(H,28,29)/p+1/t24-/m0/s1. The van der Waals surface area contributed by atoms with Crippen LogP contribution in [0.5, 0.6) is 0 Å². The van der Waals surface area contributed by atoms with Gasteiger partial charge in [0.15, 0.2) is 0 Å². The zero-order valence-corrected chi connectivity index (χ0v) is 22.1. The Kier molecular flexibility index (Phi) is 11.5. The van der Waals surface area contributed by atoms with Gasteiger partial charge in [-0.15, -0.1) is 0 Å². The highest BCUT2D eigenvalue weighted by Gasteiger charge is 2.31. The van der Waals surface area contributed by atoms with Crippen molar-refractivity contribution in [1.82, 2.24) is 0 Å². The van der Waals surface area contributed by atoms with Gasteiger partial charge in [-0.3, -0.25) is 0 Å². The van der Waals surface area contributed by atoms with Gasteiger partial charge in [0.2, 0.25) is 0 Å². The molecule has 0 unspecified atom stereocenters. The van der Waals surface area contributed by atoms with Crippen LogP contribution < -0.4 is 4.99 Å². The lowest BCUT2D eigenvalue weighted by atomic mass is 9.99. The Balaban J connectivity index is 1.98. The molecule has 0 saturated heterocycles. The zero-order valence-electron chi connectivity index (χ0n) is 21.2. The van der Waals surface area contributed by atoms with Crippen molar-refractivity contribution in [3.05, 3.63) is 0 Å². The van der Waals surface area contributed by atoms with Crippen LogP contribution in [0.4, 0.5) is 0 Å². The molecule has 32 heavy (non-hydrogen) atoms. The van der Waals surface area contributed by atoms with Gasteiger partial charge in [0.05, 0.1) is 6.42 Å². The molecule has 2 N–H and O–H groups in total. The summed E-state index contributed by atoms with van der Waals surface area (Å²) in [7, 11) is -0.229. The summed E-state index contributed by atoms with van der Waals surface area (Å²) in [6, 6.07) is -0.524. The number of hydrogen-bond donors (Lipinski definition) is 2. The molecule has 2 aliphatic rings. The van der Waals surface area contributed by atoms with Gasteiger partial charge < -0.3 is 9.84 Å². The van der Waals surface area contributed by atoms with Crippen molar-refractivity contribution in [3.63, 3.8) is 0 Å². The van der Waals surface area contributed by atoms with Crippen LogP contribution in [0.1, 0.15) is 118 Å². The average Bonchev–Trinajstić information content (AvgIpc) is 2.73. The quantitative estimate of drug-likeness (QED) is 0.160. The van der Waals surface area contributed by atoms with Gasteiger partial charge in [-0.2, -0.15) is 0 Å². The second-order valence-corrected chi connectivity index (χ2v) is 13.6. The molecule has 0 aromatic rings. The molecule has 0 bridgehead atoms. The third kappa shape index (κ3) is 10.2. The molecule has 4 nitrogen and oxygen atoms in total. The summed E-state index contributed by atoms with van der Waals surface area (Å²) in [6.45, 7) is 9.74. The molecule has 0 spiro atoms. The lowest BCUT2D eigenvalue weighted by molar-refractivity contribution is -0.503. The smallest absolute Gasteiger partial charge is 0.375 e. The lowest BCUT2D eigenvalue weighted by Gasteiger charge is -2.35. The highest BCUT2D eigenvalue weighted by Crippen LogP contribution is 2.54. The van der Waals surface area contributed by atoms with Gasteiger partial charge in [-0.05, 0) is 71.6 Å². The highest BCUT2D eigenvalue weighted by molar-refractivity contribution is 7.64. The molecule has 2 aliphatic carbocycles. The fraction of sp³-hybridized carbons (Fsp3) is 0.852. The Morgan fingerprint density at radius 2 is 1.56 bits per heavy atom. The number of aliphatic hydroxyl groups excluding tert-OH is 1. The monoisotopic (exact) mass is 464 g/mol. The van der Waals surface area contributed by atoms with E-state index in [1.165, 1.54) is 64.2 Å². The van der Waals surface area contributed by atoms with Gasteiger partial charge in [-0.1, -0.05) is 64.0 Å². The summed E-state index contributed by atoms with van der Waals surface area (Å²) in [5.74, 6) is 3.60. The Hall–Kier alpha value is -1.07. The topological polar surface area (TPSA) is 60.5 Å². The van der Waals surface area contributed by atoms with E-state index >= 15 is 0 Å². The van der Waals surface area contributed by atoms with E-state index in [2.05, 4.69) is 30.4 Å². The van der Waals surface area contributed by atoms with Crippen LogP contribution in [0.15, 0.2) is 0 Å². The first-order chi connectivity index (χ1) is 15.2. The first-order valence-corrected chi connectivity index (χ1v) is 14.4. The predicted octanol–water partition coefficient (Wildman–Crippen LogP) is 5.67. The van der Waals surface area contributed by atoms with Crippen LogP contribution in [0, 0.1) is 17.5 Å². The summed E-state index contributed by atoms with van der Waals surface area (Å²) in [6.07, 6.45) is 15.5. The maximum Gasteiger partial charge on any atom is 0.375 e. The number of aliphatic hydroxyl groups is 1. The Bertz CT molecular complexity index is 641. The van der Waals surface area contributed by atoms with Crippen molar-refractivity contribution < 1.29 is 19.6 Å².